The highest BCUT2D eigenvalue weighted by molar-refractivity contribution is 5.41. The van der Waals surface area contributed by atoms with Gasteiger partial charge in [0.1, 0.15) is 0 Å². The summed E-state index contributed by atoms with van der Waals surface area (Å²) in [5.41, 5.74) is 3.49. The molecule has 2 rings (SSSR count). The summed E-state index contributed by atoms with van der Waals surface area (Å²) in [6, 6.07) is 12.0. The van der Waals surface area contributed by atoms with Gasteiger partial charge in [0.25, 0.3) is 5.56 Å². The van der Waals surface area contributed by atoms with E-state index in [0.717, 1.165) is 18.7 Å². The van der Waals surface area contributed by atoms with Crippen LogP contribution in [0.5, 0.6) is 0 Å². The number of benzene rings is 1. The number of hydrogen-bond donors (Lipinski definition) is 1. The SMILES string of the molecule is CCc1ccc(CNc2ccc(=O)n(CCOC)c2)cc1. The van der Waals surface area contributed by atoms with Crippen LogP contribution in [-0.2, 0) is 24.2 Å². The summed E-state index contributed by atoms with van der Waals surface area (Å²) < 4.78 is 6.67. The van der Waals surface area contributed by atoms with Crippen molar-refractivity contribution < 1.29 is 4.74 Å². The number of nitrogens with zero attached hydrogens (tertiary/aromatic N) is 1. The zero-order valence-electron chi connectivity index (χ0n) is 12.6. The molecule has 0 spiro atoms. The summed E-state index contributed by atoms with van der Waals surface area (Å²) in [4.78, 5) is 11.7. The van der Waals surface area contributed by atoms with Crippen LogP contribution in [0.4, 0.5) is 5.69 Å². The summed E-state index contributed by atoms with van der Waals surface area (Å²) in [7, 11) is 1.63. The maximum absolute atomic E-state index is 11.7. The van der Waals surface area contributed by atoms with Crippen LogP contribution in [0.2, 0.25) is 0 Å². The second-order valence-electron chi connectivity index (χ2n) is 4.97. The predicted octanol–water partition coefficient (Wildman–Crippen LogP) is 2.67. The molecule has 0 bridgehead atoms. The average Bonchev–Trinajstić information content (AvgIpc) is 2.53. The fraction of sp³-hybridized carbons (Fsp3) is 0.353. The van der Waals surface area contributed by atoms with Crippen molar-refractivity contribution in [3.8, 4) is 0 Å². The van der Waals surface area contributed by atoms with E-state index in [0.29, 0.717) is 13.2 Å². The molecular formula is C17H22N2O2. The zero-order valence-corrected chi connectivity index (χ0v) is 12.6. The molecule has 21 heavy (non-hydrogen) atoms. The maximum atomic E-state index is 11.7. The summed E-state index contributed by atoms with van der Waals surface area (Å²) in [6.07, 6.45) is 2.89. The molecule has 0 saturated heterocycles. The summed E-state index contributed by atoms with van der Waals surface area (Å²) in [6.45, 7) is 3.99. The lowest BCUT2D eigenvalue weighted by atomic mass is 10.1. The molecule has 0 saturated carbocycles. The molecule has 2 aromatic rings. The largest absolute Gasteiger partial charge is 0.383 e. The third-order valence-corrected chi connectivity index (χ3v) is 3.45. The second kappa shape index (κ2) is 7.64. The Hall–Kier alpha value is -2.07. The lowest BCUT2D eigenvalue weighted by molar-refractivity contribution is 0.186. The third kappa shape index (κ3) is 4.46. The van der Waals surface area contributed by atoms with E-state index < -0.39 is 0 Å². The minimum Gasteiger partial charge on any atom is -0.383 e. The fourth-order valence-corrected chi connectivity index (χ4v) is 2.10. The quantitative estimate of drug-likeness (QED) is 0.851. The molecule has 112 valence electrons. The summed E-state index contributed by atoms with van der Waals surface area (Å²) >= 11 is 0. The van der Waals surface area contributed by atoms with E-state index in [1.54, 1.807) is 17.7 Å². The van der Waals surface area contributed by atoms with Gasteiger partial charge in [-0.2, -0.15) is 0 Å². The number of rotatable bonds is 7. The maximum Gasteiger partial charge on any atom is 0.250 e. The lowest BCUT2D eigenvalue weighted by Crippen LogP contribution is -2.21. The van der Waals surface area contributed by atoms with E-state index in [4.69, 9.17) is 4.74 Å². The van der Waals surface area contributed by atoms with Crippen LogP contribution in [0.25, 0.3) is 0 Å². The summed E-state index contributed by atoms with van der Waals surface area (Å²) in [5.74, 6) is 0. The van der Waals surface area contributed by atoms with Crippen LogP contribution in [0.15, 0.2) is 47.4 Å². The fourth-order valence-electron chi connectivity index (χ4n) is 2.10. The third-order valence-electron chi connectivity index (χ3n) is 3.45. The van der Waals surface area contributed by atoms with E-state index in [2.05, 4.69) is 36.5 Å². The first-order chi connectivity index (χ1) is 10.2. The van der Waals surface area contributed by atoms with Crippen molar-refractivity contribution in [3.63, 3.8) is 0 Å². The molecule has 1 N–H and O–H groups in total. The number of methoxy groups -OCH3 is 1. The standard InChI is InChI=1S/C17H22N2O2/c1-3-14-4-6-15(7-5-14)12-18-16-8-9-17(20)19(13-16)10-11-21-2/h4-9,13,18H,3,10-12H2,1-2H3. The van der Waals surface area contributed by atoms with Crippen LogP contribution in [0, 0.1) is 0 Å². The van der Waals surface area contributed by atoms with Gasteiger partial charge in [-0.1, -0.05) is 31.2 Å². The van der Waals surface area contributed by atoms with Gasteiger partial charge >= 0.3 is 0 Å². The van der Waals surface area contributed by atoms with Crippen molar-refractivity contribution in [1.29, 1.82) is 0 Å². The van der Waals surface area contributed by atoms with E-state index in [1.165, 1.54) is 11.1 Å². The van der Waals surface area contributed by atoms with Gasteiger partial charge in [0.05, 0.1) is 12.3 Å². The number of hydrogen-bond acceptors (Lipinski definition) is 3. The molecule has 0 fully saturated rings. The van der Waals surface area contributed by atoms with E-state index in [-0.39, 0.29) is 5.56 Å². The van der Waals surface area contributed by atoms with Crippen molar-refractivity contribution >= 4 is 5.69 Å². The zero-order chi connectivity index (χ0) is 15.1. The van der Waals surface area contributed by atoms with E-state index in [1.807, 2.05) is 12.3 Å². The van der Waals surface area contributed by atoms with Crippen LogP contribution in [-0.4, -0.2) is 18.3 Å². The van der Waals surface area contributed by atoms with Gasteiger partial charge in [0.15, 0.2) is 0 Å². The van der Waals surface area contributed by atoms with Crippen LogP contribution >= 0.6 is 0 Å². The molecule has 0 amide bonds. The first kappa shape index (κ1) is 15.3. The van der Waals surface area contributed by atoms with Crippen molar-refractivity contribution in [2.24, 2.45) is 0 Å². The number of anilines is 1. The Bertz CT molecular complexity index is 617. The molecule has 0 atom stereocenters. The average molecular weight is 286 g/mol. The molecule has 0 unspecified atom stereocenters. The van der Waals surface area contributed by atoms with Crippen LogP contribution in [0.3, 0.4) is 0 Å². The topological polar surface area (TPSA) is 43.3 Å². The Morgan fingerprint density at radius 3 is 2.48 bits per heavy atom. The smallest absolute Gasteiger partial charge is 0.250 e. The van der Waals surface area contributed by atoms with Crippen molar-refractivity contribution in [1.82, 2.24) is 4.57 Å². The minimum absolute atomic E-state index is 0.00935. The first-order valence-corrected chi connectivity index (χ1v) is 7.24. The number of pyridine rings is 1. The Morgan fingerprint density at radius 1 is 1.10 bits per heavy atom. The van der Waals surface area contributed by atoms with Gasteiger partial charge in [0.2, 0.25) is 0 Å². The van der Waals surface area contributed by atoms with Crippen molar-refractivity contribution in [3.05, 3.63) is 64.1 Å². The highest BCUT2D eigenvalue weighted by atomic mass is 16.5. The van der Waals surface area contributed by atoms with Gasteiger partial charge < -0.3 is 14.6 Å². The highest BCUT2D eigenvalue weighted by Gasteiger charge is 1.99. The highest BCUT2D eigenvalue weighted by Crippen LogP contribution is 2.09. The number of ether oxygens (including phenoxy) is 1. The van der Waals surface area contributed by atoms with E-state index in [9.17, 15) is 4.79 Å². The van der Waals surface area contributed by atoms with Gasteiger partial charge in [-0.25, -0.2) is 0 Å². The van der Waals surface area contributed by atoms with Gasteiger partial charge in [-0.05, 0) is 23.6 Å². The molecule has 0 aliphatic heterocycles. The predicted molar refractivity (Wildman–Crippen MR) is 85.7 cm³/mol. The molecule has 1 aromatic carbocycles. The van der Waals surface area contributed by atoms with Crippen molar-refractivity contribution in [2.45, 2.75) is 26.4 Å². The Kier molecular flexibility index (Phi) is 5.58. The molecule has 1 heterocycles. The van der Waals surface area contributed by atoms with Crippen LogP contribution in [0.1, 0.15) is 18.1 Å². The van der Waals surface area contributed by atoms with Gasteiger partial charge in [0, 0.05) is 32.5 Å². The molecule has 1 aromatic heterocycles. The normalized spacial score (nSPS) is 10.6. The molecule has 0 aliphatic carbocycles. The molecule has 0 radical (unpaired) electrons. The molecule has 4 nitrogen and oxygen atoms in total. The molecule has 4 heteroatoms. The Balaban J connectivity index is 2.00. The Labute approximate surface area is 125 Å². The number of aryl methyl sites for hydroxylation is 1. The number of aromatic nitrogens is 1. The number of nitrogens with one attached hydrogen (secondary N) is 1. The molecule has 0 aliphatic rings. The van der Waals surface area contributed by atoms with Crippen molar-refractivity contribution in [2.75, 3.05) is 19.0 Å². The van der Waals surface area contributed by atoms with Crippen LogP contribution < -0.4 is 10.9 Å². The monoisotopic (exact) mass is 286 g/mol. The minimum atomic E-state index is -0.00935. The van der Waals surface area contributed by atoms with Gasteiger partial charge in [-0.3, -0.25) is 4.79 Å². The van der Waals surface area contributed by atoms with Gasteiger partial charge in [-0.15, -0.1) is 0 Å². The second-order valence-corrected chi connectivity index (χ2v) is 4.97. The molecular weight excluding hydrogens is 264 g/mol. The summed E-state index contributed by atoms with van der Waals surface area (Å²) in [5, 5.41) is 3.34. The Morgan fingerprint density at radius 2 is 1.81 bits per heavy atom. The van der Waals surface area contributed by atoms with E-state index >= 15 is 0 Å². The lowest BCUT2D eigenvalue weighted by Gasteiger charge is -2.10. The first-order valence-electron chi connectivity index (χ1n) is 7.24.